The summed E-state index contributed by atoms with van der Waals surface area (Å²) in [6.07, 6.45) is 2.94. The lowest BCUT2D eigenvalue weighted by molar-refractivity contribution is -0.137. The van der Waals surface area contributed by atoms with Crippen molar-refractivity contribution in [3.63, 3.8) is 0 Å². The van der Waals surface area contributed by atoms with E-state index < -0.39 is 5.97 Å². The first-order valence-electron chi connectivity index (χ1n) is 7.57. The molecule has 1 aliphatic heterocycles. The molecule has 0 aromatic heterocycles. The Kier molecular flexibility index (Phi) is 5.75. The molecular weight excluding hydrogens is 287 g/mol. The third-order valence-corrected chi connectivity index (χ3v) is 3.84. The minimum absolute atomic E-state index is 0.0486. The highest BCUT2D eigenvalue weighted by molar-refractivity contribution is 5.75. The summed E-state index contributed by atoms with van der Waals surface area (Å²) in [5.74, 6) is -1.13. The summed E-state index contributed by atoms with van der Waals surface area (Å²) < 4.78 is 13.2. The van der Waals surface area contributed by atoms with Gasteiger partial charge < -0.3 is 15.3 Å². The van der Waals surface area contributed by atoms with Crippen LogP contribution in [0.15, 0.2) is 24.3 Å². The normalized spacial score (nSPS) is 17.5. The number of nitrogens with one attached hydrogen (secondary N) is 1. The molecule has 1 aromatic rings. The predicted octanol–water partition coefficient (Wildman–Crippen LogP) is 2.41. The Morgan fingerprint density at radius 2 is 2.23 bits per heavy atom. The van der Waals surface area contributed by atoms with Gasteiger partial charge in [-0.15, -0.1) is 0 Å². The number of carbonyl (C=O) groups excluding carboxylic acids is 1. The molecule has 0 radical (unpaired) electrons. The first kappa shape index (κ1) is 16.3. The van der Waals surface area contributed by atoms with Gasteiger partial charge in [-0.2, -0.15) is 0 Å². The molecule has 0 spiro atoms. The number of benzene rings is 1. The van der Waals surface area contributed by atoms with Crippen LogP contribution in [-0.4, -0.2) is 41.1 Å². The second-order valence-corrected chi connectivity index (χ2v) is 5.55. The van der Waals surface area contributed by atoms with Crippen LogP contribution >= 0.6 is 0 Å². The molecule has 5 nitrogen and oxygen atoms in total. The van der Waals surface area contributed by atoms with Gasteiger partial charge in [-0.05, 0) is 43.4 Å². The monoisotopic (exact) mass is 308 g/mol. The van der Waals surface area contributed by atoms with Crippen molar-refractivity contribution in [2.75, 3.05) is 13.1 Å². The minimum atomic E-state index is -0.862. The van der Waals surface area contributed by atoms with E-state index in [0.717, 1.165) is 18.4 Å². The number of hydrogen-bond donors (Lipinski definition) is 2. The second-order valence-electron chi connectivity index (χ2n) is 5.55. The quantitative estimate of drug-likeness (QED) is 0.793. The van der Waals surface area contributed by atoms with Gasteiger partial charge in [-0.1, -0.05) is 12.1 Å². The number of urea groups is 1. The van der Waals surface area contributed by atoms with Gasteiger partial charge in [0.15, 0.2) is 0 Å². The van der Waals surface area contributed by atoms with E-state index in [2.05, 4.69) is 5.32 Å². The van der Waals surface area contributed by atoms with Gasteiger partial charge in [0.25, 0.3) is 0 Å². The largest absolute Gasteiger partial charge is 0.481 e. The van der Waals surface area contributed by atoms with Crippen molar-refractivity contribution < 1.29 is 19.1 Å². The maximum atomic E-state index is 13.2. The van der Waals surface area contributed by atoms with Gasteiger partial charge in [0.1, 0.15) is 5.82 Å². The van der Waals surface area contributed by atoms with Crippen molar-refractivity contribution in [3.05, 3.63) is 35.6 Å². The van der Waals surface area contributed by atoms with Crippen molar-refractivity contribution in [1.82, 2.24) is 10.2 Å². The van der Waals surface area contributed by atoms with Gasteiger partial charge in [-0.3, -0.25) is 4.79 Å². The molecule has 1 fully saturated rings. The first-order valence-corrected chi connectivity index (χ1v) is 7.57. The van der Waals surface area contributed by atoms with Crippen LogP contribution in [-0.2, 0) is 11.2 Å². The SMILES string of the molecule is O=C(O)CCCNC(=O)N1CCCC1Cc1cccc(F)c1. The average Bonchev–Trinajstić information content (AvgIpc) is 2.91. The molecule has 1 unspecified atom stereocenters. The summed E-state index contributed by atoms with van der Waals surface area (Å²) in [5, 5.41) is 11.3. The zero-order valence-electron chi connectivity index (χ0n) is 12.4. The van der Waals surface area contributed by atoms with Crippen LogP contribution in [0.3, 0.4) is 0 Å². The number of nitrogens with zero attached hydrogens (tertiary/aromatic N) is 1. The van der Waals surface area contributed by atoms with E-state index >= 15 is 0 Å². The molecule has 1 atom stereocenters. The van der Waals surface area contributed by atoms with Crippen LogP contribution in [0.2, 0.25) is 0 Å². The highest BCUT2D eigenvalue weighted by Gasteiger charge is 2.28. The number of carbonyl (C=O) groups is 2. The smallest absolute Gasteiger partial charge is 0.317 e. The number of carboxylic acids is 1. The maximum absolute atomic E-state index is 13.2. The third-order valence-electron chi connectivity index (χ3n) is 3.84. The summed E-state index contributed by atoms with van der Waals surface area (Å²) in [6.45, 7) is 1.04. The molecule has 1 aliphatic rings. The minimum Gasteiger partial charge on any atom is -0.481 e. The van der Waals surface area contributed by atoms with E-state index in [4.69, 9.17) is 5.11 Å². The Bertz CT molecular complexity index is 536. The fourth-order valence-corrected chi connectivity index (χ4v) is 2.79. The van der Waals surface area contributed by atoms with Crippen LogP contribution in [0, 0.1) is 5.82 Å². The number of likely N-dealkylation sites (tertiary alicyclic amines) is 1. The fraction of sp³-hybridized carbons (Fsp3) is 0.500. The van der Waals surface area contributed by atoms with Gasteiger partial charge in [0.2, 0.25) is 0 Å². The van der Waals surface area contributed by atoms with E-state index in [1.165, 1.54) is 12.1 Å². The Morgan fingerprint density at radius 3 is 2.95 bits per heavy atom. The number of halogens is 1. The molecule has 6 heteroatoms. The molecule has 120 valence electrons. The topological polar surface area (TPSA) is 69.6 Å². The summed E-state index contributed by atoms with van der Waals surface area (Å²) in [7, 11) is 0. The van der Waals surface area contributed by atoms with Crippen molar-refractivity contribution in [2.24, 2.45) is 0 Å². The number of amides is 2. The highest BCUT2D eigenvalue weighted by atomic mass is 19.1. The second kappa shape index (κ2) is 7.77. The summed E-state index contributed by atoms with van der Waals surface area (Å²) in [4.78, 5) is 24.3. The van der Waals surface area contributed by atoms with Crippen molar-refractivity contribution >= 4 is 12.0 Å². The van der Waals surface area contributed by atoms with Crippen LogP contribution in [0.5, 0.6) is 0 Å². The van der Waals surface area contributed by atoms with Crippen LogP contribution in [0.4, 0.5) is 9.18 Å². The number of hydrogen-bond acceptors (Lipinski definition) is 2. The molecule has 0 bridgehead atoms. The van der Waals surface area contributed by atoms with Gasteiger partial charge in [0.05, 0.1) is 0 Å². The lowest BCUT2D eigenvalue weighted by Crippen LogP contribution is -2.44. The molecule has 2 amide bonds. The molecule has 2 rings (SSSR count). The molecule has 22 heavy (non-hydrogen) atoms. The molecule has 0 saturated carbocycles. The summed E-state index contributed by atoms with van der Waals surface area (Å²) >= 11 is 0. The van der Waals surface area contributed by atoms with E-state index in [0.29, 0.717) is 25.9 Å². The maximum Gasteiger partial charge on any atom is 0.317 e. The molecule has 0 aliphatic carbocycles. The molecule has 1 aromatic carbocycles. The zero-order valence-corrected chi connectivity index (χ0v) is 12.4. The van der Waals surface area contributed by atoms with Crippen molar-refractivity contribution in [1.29, 1.82) is 0 Å². The van der Waals surface area contributed by atoms with E-state index in [-0.39, 0.29) is 24.3 Å². The highest BCUT2D eigenvalue weighted by Crippen LogP contribution is 2.21. The molecule has 2 N–H and O–H groups in total. The Morgan fingerprint density at radius 1 is 1.41 bits per heavy atom. The standard InChI is InChI=1S/C16H21FN2O3/c17-13-5-1-4-12(10-13)11-14-6-3-9-19(14)16(22)18-8-2-7-15(20)21/h1,4-5,10,14H,2-3,6-9,11H2,(H,18,22)(H,20,21). The number of aliphatic carboxylic acids is 1. The Balaban J connectivity index is 1.84. The zero-order chi connectivity index (χ0) is 15.9. The van der Waals surface area contributed by atoms with Crippen LogP contribution in [0.1, 0.15) is 31.2 Å². The number of rotatable bonds is 6. The van der Waals surface area contributed by atoms with Crippen molar-refractivity contribution in [3.8, 4) is 0 Å². The lowest BCUT2D eigenvalue weighted by atomic mass is 10.0. The Hall–Kier alpha value is -2.11. The third kappa shape index (κ3) is 4.72. The lowest BCUT2D eigenvalue weighted by Gasteiger charge is -2.25. The van der Waals surface area contributed by atoms with Crippen molar-refractivity contribution in [2.45, 2.75) is 38.1 Å². The number of carboxylic acid groups (broad SMARTS) is 1. The van der Waals surface area contributed by atoms with Crippen LogP contribution in [0.25, 0.3) is 0 Å². The average molecular weight is 308 g/mol. The fourth-order valence-electron chi connectivity index (χ4n) is 2.79. The van der Waals surface area contributed by atoms with E-state index in [1.54, 1.807) is 11.0 Å². The van der Waals surface area contributed by atoms with Gasteiger partial charge >= 0.3 is 12.0 Å². The predicted molar refractivity (Wildman–Crippen MR) is 80.1 cm³/mol. The van der Waals surface area contributed by atoms with Gasteiger partial charge in [0, 0.05) is 25.6 Å². The van der Waals surface area contributed by atoms with E-state index in [9.17, 15) is 14.0 Å². The van der Waals surface area contributed by atoms with E-state index in [1.807, 2.05) is 6.07 Å². The molecule has 1 heterocycles. The first-order chi connectivity index (χ1) is 10.6. The molecular formula is C16H21FN2O3. The summed E-state index contributed by atoms with van der Waals surface area (Å²) in [6, 6.07) is 6.36. The Labute approximate surface area is 129 Å². The molecule has 1 saturated heterocycles. The van der Waals surface area contributed by atoms with Gasteiger partial charge in [-0.25, -0.2) is 9.18 Å². The summed E-state index contributed by atoms with van der Waals surface area (Å²) in [5.41, 5.74) is 0.885. The van der Waals surface area contributed by atoms with Crippen LogP contribution < -0.4 is 5.32 Å².